The molecule has 3 atom stereocenters. The quantitative estimate of drug-likeness (QED) is 0.849. The lowest BCUT2D eigenvalue weighted by atomic mass is 9.77. The van der Waals surface area contributed by atoms with Crippen LogP contribution in [0.4, 0.5) is 5.69 Å². The summed E-state index contributed by atoms with van der Waals surface area (Å²) in [5.41, 5.74) is 4.29. The van der Waals surface area contributed by atoms with Crippen LogP contribution >= 0.6 is 0 Å². The molecule has 4 heteroatoms. The summed E-state index contributed by atoms with van der Waals surface area (Å²) >= 11 is 0. The van der Waals surface area contributed by atoms with Crippen LogP contribution < -0.4 is 10.6 Å². The fraction of sp³-hybridized carbons (Fsp3) is 0.300. The minimum Gasteiger partial charge on any atom is -0.378 e. The molecule has 1 aromatic heterocycles. The molecule has 1 amide bonds. The van der Waals surface area contributed by atoms with Gasteiger partial charge < -0.3 is 10.6 Å². The maximum Gasteiger partial charge on any atom is 0.251 e. The standard InChI is InChI=1S/C20H21N3O/c1-2-22-20(24)13-8-9-18-17(11-13)15-6-3-7-16(15)19(23-18)14-5-4-10-21-12-14/h3-6,8-12,15-16,19,23H,2,7H2,1H3,(H,22,24). The Morgan fingerprint density at radius 1 is 1.38 bits per heavy atom. The number of hydrogen-bond acceptors (Lipinski definition) is 3. The summed E-state index contributed by atoms with van der Waals surface area (Å²) in [7, 11) is 0. The number of anilines is 1. The maximum atomic E-state index is 12.2. The van der Waals surface area contributed by atoms with E-state index in [4.69, 9.17) is 0 Å². The highest BCUT2D eigenvalue weighted by molar-refractivity contribution is 5.95. The van der Waals surface area contributed by atoms with Crippen LogP contribution in [0.5, 0.6) is 0 Å². The van der Waals surface area contributed by atoms with Gasteiger partial charge in [0.25, 0.3) is 5.91 Å². The second-order valence-corrected chi connectivity index (χ2v) is 6.42. The van der Waals surface area contributed by atoms with Crippen molar-refractivity contribution in [2.75, 3.05) is 11.9 Å². The van der Waals surface area contributed by atoms with Crippen LogP contribution in [-0.4, -0.2) is 17.4 Å². The summed E-state index contributed by atoms with van der Waals surface area (Å²) in [6, 6.07) is 10.3. The summed E-state index contributed by atoms with van der Waals surface area (Å²) in [4.78, 5) is 16.4. The third kappa shape index (κ3) is 2.48. The van der Waals surface area contributed by atoms with Gasteiger partial charge in [-0.25, -0.2) is 0 Å². The van der Waals surface area contributed by atoms with Crippen molar-refractivity contribution >= 4 is 11.6 Å². The average Bonchev–Trinajstić information content (AvgIpc) is 3.11. The van der Waals surface area contributed by atoms with Crippen molar-refractivity contribution in [3.8, 4) is 0 Å². The van der Waals surface area contributed by atoms with Crippen molar-refractivity contribution in [2.45, 2.75) is 25.3 Å². The molecule has 2 aromatic rings. The lowest BCUT2D eigenvalue weighted by molar-refractivity contribution is 0.0955. The van der Waals surface area contributed by atoms with Crippen LogP contribution in [-0.2, 0) is 0 Å². The van der Waals surface area contributed by atoms with Gasteiger partial charge in [-0.3, -0.25) is 9.78 Å². The number of fused-ring (bicyclic) bond motifs is 3. The first-order chi connectivity index (χ1) is 11.8. The number of hydrogen-bond donors (Lipinski definition) is 2. The van der Waals surface area contributed by atoms with Crippen LogP contribution in [0.3, 0.4) is 0 Å². The molecular weight excluding hydrogens is 298 g/mol. The van der Waals surface area contributed by atoms with Crippen molar-refractivity contribution in [3.63, 3.8) is 0 Å². The van der Waals surface area contributed by atoms with Gasteiger partial charge in [0.2, 0.25) is 0 Å². The third-order valence-electron chi connectivity index (χ3n) is 5.01. The van der Waals surface area contributed by atoms with Gasteiger partial charge in [0.05, 0.1) is 6.04 Å². The van der Waals surface area contributed by atoms with E-state index in [1.807, 2.05) is 43.6 Å². The van der Waals surface area contributed by atoms with Gasteiger partial charge in [-0.1, -0.05) is 18.2 Å². The number of amides is 1. The highest BCUT2D eigenvalue weighted by atomic mass is 16.1. The van der Waals surface area contributed by atoms with Crippen molar-refractivity contribution in [1.82, 2.24) is 10.3 Å². The Kier molecular flexibility index (Phi) is 3.81. The fourth-order valence-electron chi connectivity index (χ4n) is 3.89. The lowest BCUT2D eigenvalue weighted by Gasteiger charge is -2.37. The van der Waals surface area contributed by atoms with Gasteiger partial charge in [-0.05, 0) is 54.7 Å². The van der Waals surface area contributed by atoms with Crippen molar-refractivity contribution in [3.05, 3.63) is 71.6 Å². The zero-order valence-corrected chi connectivity index (χ0v) is 13.7. The normalized spacial score (nSPS) is 24.0. The van der Waals surface area contributed by atoms with Crippen LogP contribution in [0, 0.1) is 5.92 Å². The first kappa shape index (κ1) is 14.9. The summed E-state index contributed by atoms with van der Waals surface area (Å²) in [5.74, 6) is 0.806. The molecule has 1 aliphatic heterocycles. The number of carbonyl (C=O) groups excluding carboxylic acids is 1. The molecule has 4 rings (SSSR count). The number of benzene rings is 1. The van der Waals surface area contributed by atoms with E-state index in [9.17, 15) is 4.79 Å². The summed E-state index contributed by atoms with van der Waals surface area (Å²) in [5, 5.41) is 6.55. The molecular formula is C20H21N3O. The van der Waals surface area contributed by atoms with Crippen molar-refractivity contribution in [1.29, 1.82) is 0 Å². The Hall–Kier alpha value is -2.62. The van der Waals surface area contributed by atoms with E-state index in [0.717, 1.165) is 17.7 Å². The average molecular weight is 319 g/mol. The van der Waals surface area contributed by atoms with Crippen LogP contribution in [0.2, 0.25) is 0 Å². The van der Waals surface area contributed by atoms with Crippen LogP contribution in [0.15, 0.2) is 54.9 Å². The molecule has 24 heavy (non-hydrogen) atoms. The Bertz CT molecular complexity index is 785. The van der Waals surface area contributed by atoms with E-state index < -0.39 is 0 Å². The monoisotopic (exact) mass is 319 g/mol. The molecule has 0 bridgehead atoms. The van der Waals surface area contributed by atoms with Crippen LogP contribution in [0.25, 0.3) is 0 Å². The number of allylic oxidation sites excluding steroid dienone is 2. The van der Waals surface area contributed by atoms with E-state index in [2.05, 4.69) is 33.8 Å². The maximum absolute atomic E-state index is 12.2. The van der Waals surface area contributed by atoms with Crippen LogP contribution in [0.1, 0.15) is 46.8 Å². The van der Waals surface area contributed by atoms with Gasteiger partial charge >= 0.3 is 0 Å². The van der Waals surface area contributed by atoms with Gasteiger partial charge in [-0.2, -0.15) is 0 Å². The molecule has 2 N–H and O–H groups in total. The predicted molar refractivity (Wildman–Crippen MR) is 95.0 cm³/mol. The molecule has 0 radical (unpaired) electrons. The Morgan fingerprint density at radius 2 is 2.29 bits per heavy atom. The SMILES string of the molecule is CCNC(=O)c1ccc2c(c1)C1C=CCC1C(c1cccnc1)N2. The smallest absolute Gasteiger partial charge is 0.251 e. The molecule has 4 nitrogen and oxygen atoms in total. The summed E-state index contributed by atoms with van der Waals surface area (Å²) in [6.07, 6.45) is 9.34. The largest absolute Gasteiger partial charge is 0.378 e. The molecule has 122 valence electrons. The molecule has 0 spiro atoms. The lowest BCUT2D eigenvalue weighted by Crippen LogP contribution is -2.30. The molecule has 1 aromatic carbocycles. The van der Waals surface area contributed by atoms with Crippen molar-refractivity contribution in [2.24, 2.45) is 5.92 Å². The zero-order valence-electron chi connectivity index (χ0n) is 13.7. The first-order valence-electron chi connectivity index (χ1n) is 8.53. The van der Waals surface area contributed by atoms with E-state index >= 15 is 0 Å². The topological polar surface area (TPSA) is 54.0 Å². The molecule has 0 fully saturated rings. The Balaban J connectivity index is 1.72. The number of nitrogens with one attached hydrogen (secondary N) is 2. The third-order valence-corrected chi connectivity index (χ3v) is 5.01. The van der Waals surface area contributed by atoms with Gasteiger partial charge in [0.1, 0.15) is 0 Å². The fourth-order valence-corrected chi connectivity index (χ4v) is 3.89. The summed E-state index contributed by atoms with van der Waals surface area (Å²) < 4.78 is 0. The van der Waals surface area contributed by atoms with E-state index in [-0.39, 0.29) is 11.9 Å². The number of rotatable bonds is 3. The van der Waals surface area contributed by atoms with E-state index in [1.54, 1.807) is 0 Å². The first-order valence-corrected chi connectivity index (χ1v) is 8.53. The Morgan fingerprint density at radius 3 is 3.08 bits per heavy atom. The second-order valence-electron chi connectivity index (χ2n) is 6.42. The molecule has 1 aliphatic carbocycles. The number of aromatic nitrogens is 1. The number of carbonyl (C=O) groups is 1. The minimum atomic E-state index is -0.00629. The minimum absolute atomic E-state index is 0.00629. The van der Waals surface area contributed by atoms with Gasteiger partial charge in [0, 0.05) is 36.1 Å². The zero-order chi connectivity index (χ0) is 16.5. The van der Waals surface area contributed by atoms with Gasteiger partial charge in [0.15, 0.2) is 0 Å². The second kappa shape index (κ2) is 6.11. The predicted octanol–water partition coefficient (Wildman–Crippen LogP) is 3.66. The molecule has 2 heterocycles. The number of pyridine rings is 1. The highest BCUT2D eigenvalue weighted by Gasteiger charge is 2.38. The molecule has 3 unspecified atom stereocenters. The molecule has 2 aliphatic rings. The van der Waals surface area contributed by atoms with Crippen molar-refractivity contribution < 1.29 is 4.79 Å². The number of nitrogens with zero attached hydrogens (tertiary/aromatic N) is 1. The highest BCUT2D eigenvalue weighted by Crippen LogP contribution is 2.49. The van der Waals surface area contributed by atoms with E-state index in [1.165, 1.54) is 11.1 Å². The van der Waals surface area contributed by atoms with E-state index in [0.29, 0.717) is 18.4 Å². The summed E-state index contributed by atoms with van der Waals surface area (Å²) in [6.45, 7) is 2.58. The Labute approximate surface area is 142 Å². The molecule has 0 saturated heterocycles. The van der Waals surface area contributed by atoms with Gasteiger partial charge in [-0.15, -0.1) is 0 Å². The molecule has 0 saturated carbocycles.